The molecule has 0 radical (unpaired) electrons. The number of carbonyl (C=O) groups excluding carboxylic acids is 1. The fraction of sp³-hybridized carbons (Fsp3) is 0.353. The Labute approximate surface area is 144 Å². The molecule has 24 heavy (non-hydrogen) atoms. The third-order valence-electron chi connectivity index (χ3n) is 4.27. The second-order valence-electron chi connectivity index (χ2n) is 6.00. The maximum Gasteiger partial charge on any atom is 0.223 e. The molecule has 1 heterocycles. The van der Waals surface area contributed by atoms with Crippen LogP contribution in [-0.4, -0.2) is 21.9 Å². The normalized spacial score (nSPS) is 20.6. The minimum absolute atomic E-state index is 0.0958. The zero-order valence-electron chi connectivity index (χ0n) is 13.0. The van der Waals surface area contributed by atoms with Gasteiger partial charge in [-0.05, 0) is 43.5 Å². The molecule has 2 atom stereocenters. The molecule has 1 aromatic carbocycles. The van der Waals surface area contributed by atoms with E-state index in [0.29, 0.717) is 28.6 Å². The van der Waals surface area contributed by atoms with Crippen molar-refractivity contribution < 1.29 is 9.18 Å². The van der Waals surface area contributed by atoms with Gasteiger partial charge in [0.15, 0.2) is 0 Å². The van der Waals surface area contributed by atoms with Crippen LogP contribution in [0.3, 0.4) is 0 Å². The lowest BCUT2D eigenvalue weighted by atomic mass is 9.85. The molecule has 0 saturated heterocycles. The van der Waals surface area contributed by atoms with Crippen LogP contribution in [0.5, 0.6) is 0 Å². The third-order valence-corrected chi connectivity index (χ3v) is 4.55. The first-order valence-electron chi connectivity index (χ1n) is 7.87. The minimum atomic E-state index is -0.318. The van der Waals surface area contributed by atoms with Crippen LogP contribution in [0.4, 0.5) is 10.3 Å². The minimum Gasteiger partial charge on any atom is -0.369 e. The summed E-state index contributed by atoms with van der Waals surface area (Å²) in [6.07, 6.45) is 4.89. The summed E-state index contributed by atoms with van der Waals surface area (Å²) in [5.74, 6) is -0.249. The van der Waals surface area contributed by atoms with Gasteiger partial charge in [0.25, 0.3) is 0 Å². The van der Waals surface area contributed by atoms with Gasteiger partial charge in [-0.1, -0.05) is 18.0 Å². The maximum absolute atomic E-state index is 13.1. The number of hydrogen-bond acceptors (Lipinski definition) is 4. The van der Waals surface area contributed by atoms with Gasteiger partial charge in [-0.15, -0.1) is 0 Å². The van der Waals surface area contributed by atoms with Crippen LogP contribution >= 0.6 is 11.6 Å². The highest BCUT2D eigenvalue weighted by atomic mass is 35.5. The molecule has 1 saturated carbocycles. The van der Waals surface area contributed by atoms with Gasteiger partial charge < -0.3 is 11.1 Å². The molecule has 3 N–H and O–H groups in total. The molecule has 126 valence electrons. The first-order chi connectivity index (χ1) is 11.5. The molecule has 1 aliphatic carbocycles. The number of benzene rings is 1. The van der Waals surface area contributed by atoms with Crippen molar-refractivity contribution in [3.8, 4) is 11.3 Å². The molecule has 1 fully saturated rings. The molecule has 0 bridgehead atoms. The van der Waals surface area contributed by atoms with E-state index in [-0.39, 0.29) is 23.7 Å². The molecular formula is C17H18ClFN4O. The van der Waals surface area contributed by atoms with Crippen molar-refractivity contribution in [2.75, 3.05) is 5.32 Å². The number of nitrogens with one attached hydrogen (secondary N) is 1. The van der Waals surface area contributed by atoms with Gasteiger partial charge in [0.2, 0.25) is 11.9 Å². The Morgan fingerprint density at radius 1 is 1.29 bits per heavy atom. The molecule has 2 aromatic rings. The predicted octanol–water partition coefficient (Wildman–Crippen LogP) is 3.39. The van der Waals surface area contributed by atoms with E-state index in [1.165, 1.54) is 18.3 Å². The largest absolute Gasteiger partial charge is 0.369 e. The first-order valence-corrected chi connectivity index (χ1v) is 8.25. The summed E-state index contributed by atoms with van der Waals surface area (Å²) in [6, 6.07) is 6.06. The van der Waals surface area contributed by atoms with Crippen LogP contribution in [-0.2, 0) is 4.79 Å². The average molecular weight is 349 g/mol. The summed E-state index contributed by atoms with van der Waals surface area (Å²) < 4.78 is 13.1. The van der Waals surface area contributed by atoms with Gasteiger partial charge in [-0.25, -0.2) is 14.4 Å². The topological polar surface area (TPSA) is 80.9 Å². The second kappa shape index (κ2) is 7.13. The van der Waals surface area contributed by atoms with E-state index < -0.39 is 0 Å². The summed E-state index contributed by atoms with van der Waals surface area (Å²) >= 11 is 6.17. The Balaban J connectivity index is 1.78. The van der Waals surface area contributed by atoms with Crippen molar-refractivity contribution in [3.63, 3.8) is 0 Å². The smallest absolute Gasteiger partial charge is 0.223 e. The van der Waals surface area contributed by atoms with Gasteiger partial charge >= 0.3 is 0 Å². The Morgan fingerprint density at radius 3 is 2.75 bits per heavy atom. The first kappa shape index (κ1) is 16.6. The second-order valence-corrected chi connectivity index (χ2v) is 6.41. The summed E-state index contributed by atoms with van der Waals surface area (Å²) in [7, 11) is 0. The lowest BCUT2D eigenvalue weighted by molar-refractivity contribution is -0.122. The lowest BCUT2D eigenvalue weighted by Gasteiger charge is -2.28. The number of nitrogens with zero attached hydrogens (tertiary/aromatic N) is 2. The van der Waals surface area contributed by atoms with Gasteiger partial charge in [-0.3, -0.25) is 4.79 Å². The number of amides is 1. The van der Waals surface area contributed by atoms with Crippen molar-refractivity contribution in [2.24, 2.45) is 11.7 Å². The molecule has 0 aliphatic heterocycles. The van der Waals surface area contributed by atoms with Gasteiger partial charge in [0, 0.05) is 17.5 Å². The number of halogens is 2. The summed E-state index contributed by atoms with van der Waals surface area (Å²) in [5, 5.41) is 3.65. The Hall–Kier alpha value is -2.21. The molecule has 1 aliphatic rings. The van der Waals surface area contributed by atoms with Crippen LogP contribution in [0.25, 0.3) is 11.3 Å². The number of hydrogen-bond donors (Lipinski definition) is 2. The highest BCUT2D eigenvalue weighted by molar-refractivity contribution is 6.32. The van der Waals surface area contributed by atoms with E-state index in [9.17, 15) is 9.18 Å². The van der Waals surface area contributed by atoms with E-state index in [1.54, 1.807) is 12.1 Å². The monoisotopic (exact) mass is 348 g/mol. The summed E-state index contributed by atoms with van der Waals surface area (Å²) in [5.41, 5.74) is 6.66. The van der Waals surface area contributed by atoms with Crippen molar-refractivity contribution in [3.05, 3.63) is 41.3 Å². The van der Waals surface area contributed by atoms with E-state index in [4.69, 9.17) is 17.3 Å². The molecule has 1 aromatic heterocycles. The Bertz CT molecular complexity index is 738. The van der Waals surface area contributed by atoms with Crippen LogP contribution in [0, 0.1) is 11.7 Å². The Kier molecular flexibility index (Phi) is 4.94. The lowest BCUT2D eigenvalue weighted by Crippen LogP contribution is -2.34. The number of rotatable bonds is 4. The number of nitrogens with two attached hydrogens (primary N) is 1. The zero-order valence-corrected chi connectivity index (χ0v) is 13.8. The van der Waals surface area contributed by atoms with Crippen molar-refractivity contribution in [1.82, 2.24) is 9.97 Å². The number of carbonyl (C=O) groups is 1. The van der Waals surface area contributed by atoms with Crippen LogP contribution < -0.4 is 11.1 Å². The summed E-state index contributed by atoms with van der Waals surface area (Å²) in [6.45, 7) is 0. The zero-order chi connectivity index (χ0) is 17.1. The predicted molar refractivity (Wildman–Crippen MR) is 91.0 cm³/mol. The Morgan fingerprint density at radius 2 is 2.04 bits per heavy atom. The number of aromatic nitrogens is 2. The molecule has 1 amide bonds. The third kappa shape index (κ3) is 3.82. The van der Waals surface area contributed by atoms with Crippen LogP contribution in [0.15, 0.2) is 30.5 Å². The number of primary amides is 1. The van der Waals surface area contributed by atoms with Crippen LogP contribution in [0.2, 0.25) is 5.02 Å². The van der Waals surface area contributed by atoms with Crippen LogP contribution in [0.1, 0.15) is 25.7 Å². The highest BCUT2D eigenvalue weighted by Crippen LogP contribution is 2.29. The molecule has 7 heteroatoms. The number of anilines is 1. The van der Waals surface area contributed by atoms with E-state index >= 15 is 0 Å². The maximum atomic E-state index is 13.1. The molecular weight excluding hydrogens is 331 g/mol. The fourth-order valence-electron chi connectivity index (χ4n) is 3.01. The molecule has 5 nitrogen and oxygen atoms in total. The van der Waals surface area contributed by atoms with E-state index in [2.05, 4.69) is 15.3 Å². The highest BCUT2D eigenvalue weighted by Gasteiger charge is 2.26. The van der Waals surface area contributed by atoms with Gasteiger partial charge in [0.1, 0.15) is 5.82 Å². The molecule has 3 rings (SSSR count). The van der Waals surface area contributed by atoms with Crippen molar-refractivity contribution in [1.29, 1.82) is 0 Å². The van der Waals surface area contributed by atoms with E-state index in [0.717, 1.165) is 19.3 Å². The summed E-state index contributed by atoms with van der Waals surface area (Å²) in [4.78, 5) is 20.0. The fourth-order valence-corrected chi connectivity index (χ4v) is 3.21. The molecule has 0 spiro atoms. The standard InChI is InChI=1S/C17H18ClFN4O/c18-14-9-21-17(22-13-3-1-2-11(8-13)16(20)24)23-15(14)10-4-6-12(19)7-5-10/h4-7,9,11,13H,1-3,8H2,(H2,20,24)(H,21,22,23)/t11-,13+/m0/s1. The van der Waals surface area contributed by atoms with Gasteiger partial charge in [0.05, 0.1) is 16.9 Å². The van der Waals surface area contributed by atoms with Crippen molar-refractivity contribution in [2.45, 2.75) is 31.7 Å². The van der Waals surface area contributed by atoms with Crippen molar-refractivity contribution >= 4 is 23.5 Å². The quantitative estimate of drug-likeness (QED) is 0.887. The molecule has 0 unspecified atom stereocenters. The average Bonchev–Trinajstić information content (AvgIpc) is 2.58. The van der Waals surface area contributed by atoms with E-state index in [1.807, 2.05) is 0 Å². The SMILES string of the molecule is NC(=O)[C@H]1CCC[C@@H](Nc2ncc(Cl)c(-c3ccc(F)cc3)n2)C1. The van der Waals surface area contributed by atoms with Gasteiger partial charge in [-0.2, -0.15) is 0 Å².